The first-order valence-electron chi connectivity index (χ1n) is 4.53. The summed E-state index contributed by atoms with van der Waals surface area (Å²) in [6.45, 7) is 0. The summed E-state index contributed by atoms with van der Waals surface area (Å²) in [6.07, 6.45) is 0. The lowest BCUT2D eigenvalue weighted by Gasteiger charge is -2.10. The number of benzene rings is 1. The van der Waals surface area contributed by atoms with Gasteiger partial charge in [-0.3, -0.25) is 0 Å². The summed E-state index contributed by atoms with van der Waals surface area (Å²) >= 11 is 1.38. The maximum absolute atomic E-state index is 13.0. The minimum Gasteiger partial charge on any atom is -0.320 e. The van der Waals surface area contributed by atoms with E-state index < -0.39 is 23.5 Å². The van der Waals surface area contributed by atoms with Crippen molar-refractivity contribution in [3.63, 3.8) is 0 Å². The van der Waals surface area contributed by atoms with Gasteiger partial charge in [0.15, 0.2) is 17.5 Å². The highest BCUT2D eigenvalue weighted by Gasteiger charge is 2.16. The topological polar surface area (TPSA) is 26.0 Å². The van der Waals surface area contributed by atoms with Crippen molar-refractivity contribution in [3.05, 3.63) is 57.5 Å². The molecule has 1 aromatic carbocycles. The lowest BCUT2D eigenvalue weighted by Crippen LogP contribution is -2.11. The summed E-state index contributed by atoms with van der Waals surface area (Å²) in [5.74, 6) is -3.91. The molecule has 0 aliphatic carbocycles. The molecule has 5 heteroatoms. The number of hydrogen-bond donors (Lipinski definition) is 1. The molecular weight excluding hydrogens is 235 g/mol. The molecule has 1 aromatic heterocycles. The second kappa shape index (κ2) is 4.27. The lowest BCUT2D eigenvalue weighted by atomic mass is 10.1. The fourth-order valence-electron chi connectivity index (χ4n) is 1.39. The first kappa shape index (κ1) is 11.2. The zero-order valence-corrected chi connectivity index (χ0v) is 8.90. The normalized spacial score (nSPS) is 12.8. The molecule has 0 saturated heterocycles. The molecule has 2 aromatic rings. The van der Waals surface area contributed by atoms with Crippen LogP contribution in [0.3, 0.4) is 0 Å². The largest absolute Gasteiger partial charge is 0.320 e. The predicted molar refractivity (Wildman–Crippen MR) is 56.7 cm³/mol. The van der Waals surface area contributed by atoms with Crippen molar-refractivity contribution in [1.82, 2.24) is 0 Å². The van der Waals surface area contributed by atoms with E-state index in [2.05, 4.69) is 0 Å². The van der Waals surface area contributed by atoms with Gasteiger partial charge >= 0.3 is 0 Å². The van der Waals surface area contributed by atoms with Crippen LogP contribution in [-0.2, 0) is 0 Å². The van der Waals surface area contributed by atoms with Gasteiger partial charge in [-0.15, -0.1) is 11.3 Å². The van der Waals surface area contributed by atoms with E-state index in [1.54, 1.807) is 12.1 Å². The van der Waals surface area contributed by atoms with Crippen LogP contribution in [-0.4, -0.2) is 0 Å². The van der Waals surface area contributed by atoms with Crippen molar-refractivity contribution in [2.45, 2.75) is 6.04 Å². The van der Waals surface area contributed by atoms with Crippen molar-refractivity contribution in [2.24, 2.45) is 5.73 Å². The molecular formula is C11H8F3NS. The molecule has 0 radical (unpaired) electrons. The number of nitrogens with two attached hydrogens (primary N) is 1. The van der Waals surface area contributed by atoms with E-state index in [0.717, 1.165) is 17.0 Å². The zero-order chi connectivity index (χ0) is 11.7. The van der Waals surface area contributed by atoms with Gasteiger partial charge in [0, 0.05) is 4.88 Å². The average Bonchev–Trinajstić information content (AvgIpc) is 2.77. The molecule has 0 saturated carbocycles. The molecule has 0 aliphatic rings. The van der Waals surface area contributed by atoms with Crippen LogP contribution in [0.25, 0.3) is 0 Å². The number of halogens is 3. The second-order valence-electron chi connectivity index (χ2n) is 3.29. The summed E-state index contributed by atoms with van der Waals surface area (Å²) in [7, 11) is 0. The van der Waals surface area contributed by atoms with Crippen molar-refractivity contribution >= 4 is 11.3 Å². The Kier molecular flexibility index (Phi) is 2.98. The molecule has 84 valence electrons. The first-order chi connectivity index (χ1) is 7.59. The molecule has 0 fully saturated rings. The van der Waals surface area contributed by atoms with Crippen LogP contribution >= 0.6 is 11.3 Å². The molecule has 0 spiro atoms. The van der Waals surface area contributed by atoms with E-state index >= 15 is 0 Å². The van der Waals surface area contributed by atoms with Gasteiger partial charge in [0.2, 0.25) is 0 Å². The molecule has 0 amide bonds. The van der Waals surface area contributed by atoms with Crippen LogP contribution in [0, 0.1) is 17.5 Å². The van der Waals surface area contributed by atoms with Gasteiger partial charge in [0.25, 0.3) is 0 Å². The second-order valence-corrected chi connectivity index (χ2v) is 4.27. The highest BCUT2D eigenvalue weighted by Crippen LogP contribution is 2.25. The fraction of sp³-hybridized carbons (Fsp3) is 0.0909. The quantitative estimate of drug-likeness (QED) is 0.805. The van der Waals surface area contributed by atoms with Gasteiger partial charge in [-0.25, -0.2) is 13.2 Å². The van der Waals surface area contributed by atoms with E-state index in [9.17, 15) is 13.2 Å². The Bertz CT molecular complexity index is 473. The van der Waals surface area contributed by atoms with Crippen molar-refractivity contribution in [3.8, 4) is 0 Å². The van der Waals surface area contributed by atoms with Crippen LogP contribution in [0.4, 0.5) is 13.2 Å². The van der Waals surface area contributed by atoms with E-state index in [4.69, 9.17) is 5.73 Å². The Hall–Kier alpha value is -1.33. The molecule has 1 nitrogen and oxygen atoms in total. The minimum atomic E-state index is -1.47. The average molecular weight is 243 g/mol. The maximum atomic E-state index is 13.0. The third-order valence-electron chi connectivity index (χ3n) is 2.21. The fourth-order valence-corrected chi connectivity index (χ4v) is 2.14. The van der Waals surface area contributed by atoms with E-state index in [-0.39, 0.29) is 5.56 Å². The SMILES string of the molecule is N[C@H](c1cc(F)c(F)c(F)c1)c1cccs1. The first-order valence-corrected chi connectivity index (χ1v) is 5.41. The number of thiophene rings is 1. The summed E-state index contributed by atoms with van der Waals surface area (Å²) < 4.78 is 38.7. The number of hydrogen-bond acceptors (Lipinski definition) is 2. The maximum Gasteiger partial charge on any atom is 0.194 e. The van der Waals surface area contributed by atoms with E-state index in [1.807, 2.05) is 5.38 Å². The summed E-state index contributed by atoms with van der Waals surface area (Å²) in [4.78, 5) is 0.769. The van der Waals surface area contributed by atoms with Gasteiger partial charge in [-0.05, 0) is 29.1 Å². The molecule has 1 atom stereocenters. The highest BCUT2D eigenvalue weighted by molar-refractivity contribution is 7.10. The Balaban J connectivity index is 2.42. The standard InChI is InChI=1S/C11H8F3NS/c12-7-4-6(5-8(13)10(7)14)11(15)9-2-1-3-16-9/h1-5,11H,15H2/t11-/m1/s1. The van der Waals surface area contributed by atoms with Crippen molar-refractivity contribution in [2.75, 3.05) is 0 Å². The Morgan fingerprint density at radius 3 is 2.25 bits per heavy atom. The molecule has 16 heavy (non-hydrogen) atoms. The molecule has 0 aliphatic heterocycles. The molecule has 2 N–H and O–H groups in total. The lowest BCUT2D eigenvalue weighted by molar-refractivity contribution is 0.444. The van der Waals surface area contributed by atoms with E-state index in [0.29, 0.717) is 0 Å². The summed E-state index contributed by atoms with van der Waals surface area (Å²) in [5.41, 5.74) is 6.02. The van der Waals surface area contributed by atoms with Crippen LogP contribution in [0.1, 0.15) is 16.5 Å². The van der Waals surface area contributed by atoms with Gasteiger partial charge in [0.05, 0.1) is 6.04 Å². The Morgan fingerprint density at radius 1 is 1.12 bits per heavy atom. The monoisotopic (exact) mass is 243 g/mol. The molecule has 0 unspecified atom stereocenters. The van der Waals surface area contributed by atoms with E-state index in [1.165, 1.54) is 11.3 Å². The minimum absolute atomic E-state index is 0.221. The molecule has 2 rings (SSSR count). The van der Waals surface area contributed by atoms with Crippen LogP contribution in [0.15, 0.2) is 29.6 Å². The summed E-state index contributed by atoms with van der Waals surface area (Å²) in [5, 5.41) is 1.81. The zero-order valence-electron chi connectivity index (χ0n) is 8.08. The third-order valence-corrected chi connectivity index (χ3v) is 3.17. The highest BCUT2D eigenvalue weighted by atomic mass is 32.1. The molecule has 0 bridgehead atoms. The van der Waals surface area contributed by atoms with Crippen molar-refractivity contribution in [1.29, 1.82) is 0 Å². The smallest absolute Gasteiger partial charge is 0.194 e. The summed E-state index contributed by atoms with van der Waals surface area (Å²) in [6, 6.07) is 4.75. The van der Waals surface area contributed by atoms with Gasteiger partial charge in [-0.2, -0.15) is 0 Å². The van der Waals surface area contributed by atoms with Crippen molar-refractivity contribution < 1.29 is 13.2 Å². The van der Waals surface area contributed by atoms with Crippen LogP contribution in [0.5, 0.6) is 0 Å². The Morgan fingerprint density at radius 2 is 1.75 bits per heavy atom. The van der Waals surface area contributed by atoms with Crippen LogP contribution < -0.4 is 5.73 Å². The Labute approximate surface area is 94.3 Å². The third kappa shape index (κ3) is 1.96. The van der Waals surface area contributed by atoms with Crippen LogP contribution in [0.2, 0.25) is 0 Å². The molecule has 1 heterocycles. The van der Waals surface area contributed by atoms with Gasteiger partial charge < -0.3 is 5.73 Å². The number of rotatable bonds is 2. The van der Waals surface area contributed by atoms with Gasteiger partial charge in [-0.1, -0.05) is 6.07 Å². The van der Waals surface area contributed by atoms with Gasteiger partial charge in [0.1, 0.15) is 0 Å². The predicted octanol–water partition coefficient (Wildman–Crippen LogP) is 3.21.